The predicted octanol–water partition coefficient (Wildman–Crippen LogP) is 1.47. The fraction of sp³-hybridized carbons (Fsp3) is 0.500. The van der Waals surface area contributed by atoms with Gasteiger partial charge in [-0.25, -0.2) is 0 Å². The summed E-state index contributed by atoms with van der Waals surface area (Å²) in [7, 11) is 0. The van der Waals surface area contributed by atoms with Crippen LogP contribution in [0.4, 0.5) is 0 Å². The first kappa shape index (κ1) is 10.5. The van der Waals surface area contributed by atoms with Gasteiger partial charge in [0.1, 0.15) is 5.75 Å². The van der Waals surface area contributed by atoms with Crippen molar-refractivity contribution in [2.75, 3.05) is 0 Å². The lowest BCUT2D eigenvalue weighted by Gasteiger charge is -2.19. The van der Waals surface area contributed by atoms with Crippen molar-refractivity contribution in [1.82, 2.24) is 0 Å². The molecule has 0 spiro atoms. The van der Waals surface area contributed by atoms with E-state index in [4.69, 9.17) is 5.73 Å². The van der Waals surface area contributed by atoms with Gasteiger partial charge < -0.3 is 15.9 Å². The molecule has 0 bridgehead atoms. The lowest BCUT2D eigenvalue weighted by Crippen LogP contribution is -2.27. The number of aromatic hydroxyl groups is 1. The number of aliphatic hydroxyl groups excluding tert-OH is 1. The van der Waals surface area contributed by atoms with Gasteiger partial charge in [-0.05, 0) is 37.3 Å². The molecule has 2 atom stereocenters. The highest BCUT2D eigenvalue weighted by Crippen LogP contribution is 2.38. The van der Waals surface area contributed by atoms with Gasteiger partial charge in [-0.1, -0.05) is 12.1 Å². The molecule has 1 aliphatic carbocycles. The van der Waals surface area contributed by atoms with Gasteiger partial charge in [-0.15, -0.1) is 0 Å². The monoisotopic (exact) mass is 207 g/mol. The Morgan fingerprint density at radius 1 is 1.40 bits per heavy atom. The second kappa shape index (κ2) is 3.83. The maximum absolute atomic E-state index is 9.87. The Hall–Kier alpha value is -1.06. The van der Waals surface area contributed by atoms with Crippen LogP contribution in [-0.4, -0.2) is 16.3 Å². The summed E-state index contributed by atoms with van der Waals surface area (Å²) in [5.74, 6) is 0.503. The summed E-state index contributed by atoms with van der Waals surface area (Å²) >= 11 is 0. The van der Waals surface area contributed by atoms with Crippen molar-refractivity contribution in [1.29, 1.82) is 0 Å². The van der Waals surface area contributed by atoms with E-state index in [1.807, 2.05) is 13.0 Å². The van der Waals surface area contributed by atoms with Crippen LogP contribution < -0.4 is 5.73 Å². The SMILES string of the molecule is Cc1ccc([C@@H](N)[C@@H](O)C2CC2)c(O)c1. The molecular formula is C12H17NO2. The highest BCUT2D eigenvalue weighted by atomic mass is 16.3. The molecule has 82 valence electrons. The Kier molecular flexibility index (Phi) is 2.67. The third-order valence-electron chi connectivity index (χ3n) is 3.02. The number of benzene rings is 1. The Labute approximate surface area is 89.5 Å². The highest BCUT2D eigenvalue weighted by molar-refractivity contribution is 5.38. The third-order valence-corrected chi connectivity index (χ3v) is 3.02. The van der Waals surface area contributed by atoms with Crippen LogP contribution in [0, 0.1) is 12.8 Å². The average molecular weight is 207 g/mol. The number of phenolic OH excluding ortho intramolecular Hbond substituents is 1. The van der Waals surface area contributed by atoms with Gasteiger partial charge in [-0.3, -0.25) is 0 Å². The molecule has 0 saturated heterocycles. The van der Waals surface area contributed by atoms with E-state index in [1.165, 1.54) is 0 Å². The van der Waals surface area contributed by atoms with Gasteiger partial charge in [0.05, 0.1) is 12.1 Å². The summed E-state index contributed by atoms with van der Waals surface area (Å²) in [6.07, 6.45) is 1.56. The lowest BCUT2D eigenvalue weighted by atomic mass is 9.97. The number of phenols is 1. The predicted molar refractivity (Wildman–Crippen MR) is 58.5 cm³/mol. The number of hydrogen-bond acceptors (Lipinski definition) is 3. The molecule has 0 amide bonds. The molecule has 3 heteroatoms. The largest absolute Gasteiger partial charge is 0.508 e. The minimum atomic E-state index is -0.529. The fourth-order valence-electron chi connectivity index (χ4n) is 1.85. The Bertz CT molecular complexity index is 361. The summed E-state index contributed by atoms with van der Waals surface area (Å²) < 4.78 is 0. The van der Waals surface area contributed by atoms with E-state index in [9.17, 15) is 10.2 Å². The van der Waals surface area contributed by atoms with E-state index >= 15 is 0 Å². The van der Waals surface area contributed by atoms with Crippen LogP contribution in [0.3, 0.4) is 0 Å². The molecule has 1 fully saturated rings. The van der Waals surface area contributed by atoms with Crippen molar-refractivity contribution in [3.8, 4) is 5.75 Å². The lowest BCUT2D eigenvalue weighted by molar-refractivity contribution is 0.121. The zero-order valence-corrected chi connectivity index (χ0v) is 8.85. The van der Waals surface area contributed by atoms with E-state index in [0.717, 1.165) is 18.4 Å². The van der Waals surface area contributed by atoms with Crippen molar-refractivity contribution < 1.29 is 10.2 Å². The molecule has 1 aromatic carbocycles. The van der Waals surface area contributed by atoms with Gasteiger partial charge in [-0.2, -0.15) is 0 Å². The molecular weight excluding hydrogens is 190 g/mol. The normalized spacial score (nSPS) is 19.9. The zero-order valence-electron chi connectivity index (χ0n) is 8.85. The van der Waals surface area contributed by atoms with Gasteiger partial charge in [0, 0.05) is 5.56 Å². The summed E-state index contributed by atoms with van der Waals surface area (Å²) in [5, 5.41) is 19.6. The third kappa shape index (κ3) is 2.13. The van der Waals surface area contributed by atoms with Crippen LogP contribution in [0.1, 0.15) is 30.0 Å². The smallest absolute Gasteiger partial charge is 0.120 e. The van der Waals surface area contributed by atoms with E-state index in [-0.39, 0.29) is 5.75 Å². The van der Waals surface area contributed by atoms with Crippen LogP contribution in [0.15, 0.2) is 18.2 Å². The van der Waals surface area contributed by atoms with Gasteiger partial charge in [0.2, 0.25) is 0 Å². The van der Waals surface area contributed by atoms with E-state index in [1.54, 1.807) is 12.1 Å². The van der Waals surface area contributed by atoms with E-state index in [2.05, 4.69) is 0 Å². The van der Waals surface area contributed by atoms with Crippen molar-refractivity contribution in [2.45, 2.75) is 31.9 Å². The molecule has 4 N–H and O–H groups in total. The topological polar surface area (TPSA) is 66.5 Å². The standard InChI is InChI=1S/C12H17NO2/c1-7-2-5-9(10(14)6-7)11(13)12(15)8-3-4-8/h2,5-6,8,11-12,14-15H,3-4,13H2,1H3/t11-,12+/m1/s1. The van der Waals surface area contributed by atoms with Crippen molar-refractivity contribution in [3.05, 3.63) is 29.3 Å². The van der Waals surface area contributed by atoms with Crippen molar-refractivity contribution in [3.63, 3.8) is 0 Å². The molecule has 0 aliphatic heterocycles. The quantitative estimate of drug-likeness (QED) is 0.703. The molecule has 1 aliphatic rings. The second-order valence-electron chi connectivity index (χ2n) is 4.42. The molecule has 0 heterocycles. The summed E-state index contributed by atoms with van der Waals surface area (Å²) in [6, 6.07) is 4.89. The molecule has 0 aromatic heterocycles. The van der Waals surface area contributed by atoms with Gasteiger partial charge in [0.25, 0.3) is 0 Å². The molecule has 2 rings (SSSR count). The number of nitrogens with two attached hydrogens (primary N) is 1. The number of aryl methyl sites for hydroxylation is 1. The number of rotatable bonds is 3. The van der Waals surface area contributed by atoms with E-state index in [0.29, 0.717) is 11.5 Å². The van der Waals surface area contributed by atoms with Crippen LogP contribution in [-0.2, 0) is 0 Å². The van der Waals surface area contributed by atoms with Gasteiger partial charge in [0.15, 0.2) is 0 Å². The fourth-order valence-corrected chi connectivity index (χ4v) is 1.85. The molecule has 0 radical (unpaired) electrons. The van der Waals surface area contributed by atoms with E-state index < -0.39 is 12.1 Å². The first-order valence-electron chi connectivity index (χ1n) is 5.33. The molecule has 15 heavy (non-hydrogen) atoms. The van der Waals surface area contributed by atoms with Crippen molar-refractivity contribution >= 4 is 0 Å². The molecule has 3 nitrogen and oxygen atoms in total. The van der Waals surface area contributed by atoms with Crippen LogP contribution >= 0.6 is 0 Å². The Morgan fingerprint density at radius 3 is 2.60 bits per heavy atom. The summed E-state index contributed by atoms with van der Waals surface area (Å²) in [6.45, 7) is 1.91. The minimum absolute atomic E-state index is 0.183. The minimum Gasteiger partial charge on any atom is -0.508 e. The zero-order chi connectivity index (χ0) is 11.0. The van der Waals surface area contributed by atoms with Crippen LogP contribution in [0.25, 0.3) is 0 Å². The average Bonchev–Trinajstić information content (AvgIpc) is 2.99. The summed E-state index contributed by atoms with van der Waals surface area (Å²) in [4.78, 5) is 0. The molecule has 1 aromatic rings. The Balaban J connectivity index is 2.20. The maximum Gasteiger partial charge on any atom is 0.120 e. The van der Waals surface area contributed by atoms with Crippen molar-refractivity contribution in [2.24, 2.45) is 11.7 Å². The number of aliphatic hydroxyl groups is 1. The first-order valence-corrected chi connectivity index (χ1v) is 5.33. The number of hydrogen-bond donors (Lipinski definition) is 3. The van der Waals surface area contributed by atoms with Gasteiger partial charge >= 0.3 is 0 Å². The summed E-state index contributed by atoms with van der Waals surface area (Å²) in [5.41, 5.74) is 7.55. The molecule has 0 unspecified atom stereocenters. The van der Waals surface area contributed by atoms with Crippen LogP contribution in [0.2, 0.25) is 0 Å². The highest BCUT2D eigenvalue weighted by Gasteiger charge is 2.34. The first-order chi connectivity index (χ1) is 7.09. The molecule has 1 saturated carbocycles. The maximum atomic E-state index is 9.87. The van der Waals surface area contributed by atoms with Crippen LogP contribution in [0.5, 0.6) is 5.75 Å². The second-order valence-corrected chi connectivity index (χ2v) is 4.42. The Morgan fingerprint density at radius 2 is 2.07 bits per heavy atom.